The molecule has 6 rings (SSSR count). The van der Waals surface area contributed by atoms with Crippen LogP contribution < -0.4 is 42.6 Å². The molecule has 0 aromatic heterocycles. The minimum Gasteiger partial charge on any atom is -0.493 e. The van der Waals surface area contributed by atoms with E-state index >= 15 is 0 Å². The average Bonchev–Trinajstić information content (AvgIpc) is 3.39. The number of ether oxygens (including phenoxy) is 10. The Kier molecular flexibility index (Phi) is 21.9. The third-order valence-corrected chi connectivity index (χ3v) is 11.8. The molecule has 0 fully saturated rings. The summed E-state index contributed by atoms with van der Waals surface area (Å²) in [6.45, 7) is 14.9. The Bertz CT molecular complexity index is 2370. The number of fused-ring (bicyclic) bond motifs is 1. The molecule has 71 heavy (non-hydrogen) atoms. The lowest BCUT2D eigenvalue weighted by molar-refractivity contribution is -0.134. The Morgan fingerprint density at radius 2 is 1.00 bits per heavy atom. The first kappa shape index (κ1) is 53.8. The predicted octanol–water partition coefficient (Wildman–Crippen LogP) is 14.0. The smallest absolute Gasteiger partial charge is 0.338 e. The predicted molar refractivity (Wildman–Crippen MR) is 275 cm³/mol. The van der Waals surface area contributed by atoms with E-state index in [1.807, 2.05) is 72.8 Å². The monoisotopic (exact) mass is 975 g/mol. The molecule has 5 aromatic carbocycles. The van der Waals surface area contributed by atoms with Crippen molar-refractivity contribution in [2.45, 2.75) is 144 Å². The first-order chi connectivity index (χ1) is 34.8. The molecule has 0 radical (unpaired) electrons. The summed E-state index contributed by atoms with van der Waals surface area (Å²) in [5, 5.41) is 0. The van der Waals surface area contributed by atoms with Crippen LogP contribution in [0.4, 0.5) is 0 Å². The van der Waals surface area contributed by atoms with Crippen molar-refractivity contribution in [3.8, 4) is 51.7 Å². The van der Waals surface area contributed by atoms with Crippen molar-refractivity contribution in [2.24, 2.45) is 0 Å². The number of hydrogen-bond donors (Lipinski definition) is 0. The fraction of sp³-hybridized carbons (Fsp3) is 0.458. The van der Waals surface area contributed by atoms with E-state index in [9.17, 15) is 9.59 Å². The first-order valence-electron chi connectivity index (χ1n) is 25.9. The molecule has 0 saturated carbocycles. The van der Waals surface area contributed by atoms with E-state index in [4.69, 9.17) is 47.4 Å². The molecule has 382 valence electrons. The molecule has 12 nitrogen and oxygen atoms in total. The van der Waals surface area contributed by atoms with Gasteiger partial charge in [-0.15, -0.1) is 0 Å². The van der Waals surface area contributed by atoms with Crippen LogP contribution in [0.1, 0.15) is 151 Å². The number of hydrogen-bond acceptors (Lipinski definition) is 12. The van der Waals surface area contributed by atoms with Crippen molar-refractivity contribution in [1.82, 2.24) is 0 Å². The van der Waals surface area contributed by atoms with Gasteiger partial charge in [-0.3, -0.25) is 4.79 Å². The van der Waals surface area contributed by atoms with Gasteiger partial charge in [0.1, 0.15) is 36.6 Å². The molecule has 12 heteroatoms. The Labute approximate surface area is 421 Å². The van der Waals surface area contributed by atoms with Crippen molar-refractivity contribution < 1.29 is 57.0 Å². The van der Waals surface area contributed by atoms with Crippen molar-refractivity contribution in [3.63, 3.8) is 0 Å². The van der Waals surface area contributed by atoms with Gasteiger partial charge < -0.3 is 47.4 Å². The van der Waals surface area contributed by atoms with Crippen LogP contribution in [0.5, 0.6) is 51.7 Å². The maximum Gasteiger partial charge on any atom is 0.338 e. The molecule has 5 aromatic rings. The molecule has 0 aliphatic carbocycles. The van der Waals surface area contributed by atoms with Crippen LogP contribution in [-0.4, -0.2) is 51.1 Å². The second-order valence-electron chi connectivity index (χ2n) is 17.6. The topological polar surface area (TPSA) is 126 Å². The first-order valence-corrected chi connectivity index (χ1v) is 25.9. The molecule has 1 aliphatic rings. The number of carbonyl (C=O) groups excluding carboxylic acids is 2. The zero-order valence-corrected chi connectivity index (χ0v) is 42.7. The molecule has 0 amide bonds. The van der Waals surface area contributed by atoms with Gasteiger partial charge in [-0.1, -0.05) is 134 Å². The number of esters is 2. The normalized spacial score (nSPS) is 13.8. The highest BCUT2D eigenvalue weighted by atomic mass is 16.6. The van der Waals surface area contributed by atoms with Crippen molar-refractivity contribution in [1.29, 1.82) is 0 Å². The maximum atomic E-state index is 14.9. The summed E-state index contributed by atoms with van der Waals surface area (Å²) >= 11 is 0. The Balaban J connectivity index is 1.49. The van der Waals surface area contributed by atoms with E-state index in [0.717, 1.165) is 75.3 Å². The molecule has 1 aliphatic heterocycles. The van der Waals surface area contributed by atoms with Crippen LogP contribution in [0.3, 0.4) is 0 Å². The minimum absolute atomic E-state index is 0.134. The second-order valence-corrected chi connectivity index (χ2v) is 17.6. The molecule has 0 bridgehead atoms. The van der Waals surface area contributed by atoms with Gasteiger partial charge in [-0.2, -0.15) is 0 Å². The highest BCUT2D eigenvalue weighted by molar-refractivity contribution is 5.91. The Hall–Kier alpha value is -6.56. The zero-order chi connectivity index (χ0) is 50.2. The number of unbranched alkanes of at least 4 members (excludes halogenated alkanes) is 5. The fourth-order valence-corrected chi connectivity index (χ4v) is 7.64. The molecular formula is C59H74O12. The van der Waals surface area contributed by atoms with Gasteiger partial charge >= 0.3 is 11.9 Å². The van der Waals surface area contributed by atoms with Crippen LogP contribution in [0.15, 0.2) is 97.1 Å². The molecule has 0 N–H and O–H groups in total. The summed E-state index contributed by atoms with van der Waals surface area (Å²) < 4.78 is 64.6. The van der Waals surface area contributed by atoms with Crippen LogP contribution in [0.25, 0.3) is 0 Å². The van der Waals surface area contributed by atoms with Gasteiger partial charge in [0.15, 0.2) is 29.1 Å². The quantitative estimate of drug-likeness (QED) is 0.0238. The van der Waals surface area contributed by atoms with E-state index in [1.54, 1.807) is 31.2 Å². The van der Waals surface area contributed by atoms with Gasteiger partial charge in [0, 0.05) is 36.1 Å². The highest BCUT2D eigenvalue weighted by Gasteiger charge is 2.39. The lowest BCUT2D eigenvalue weighted by Crippen LogP contribution is -2.35. The molecule has 2 atom stereocenters. The van der Waals surface area contributed by atoms with Gasteiger partial charge in [0.2, 0.25) is 11.5 Å². The van der Waals surface area contributed by atoms with E-state index in [1.165, 1.54) is 0 Å². The Morgan fingerprint density at radius 1 is 0.521 bits per heavy atom. The zero-order valence-electron chi connectivity index (χ0n) is 42.7. The van der Waals surface area contributed by atoms with E-state index in [0.29, 0.717) is 84.4 Å². The lowest BCUT2D eigenvalue weighted by atomic mass is 9.93. The number of carbonyl (C=O) groups is 2. The second kappa shape index (κ2) is 28.9. The van der Waals surface area contributed by atoms with E-state index in [2.05, 4.69) is 34.6 Å². The molecular weight excluding hydrogens is 901 g/mol. The molecule has 0 unspecified atom stereocenters. The summed E-state index contributed by atoms with van der Waals surface area (Å²) in [5.74, 6) is 2.58. The average molecular weight is 975 g/mol. The summed E-state index contributed by atoms with van der Waals surface area (Å²) in [6.07, 6.45) is 7.17. The van der Waals surface area contributed by atoms with Gasteiger partial charge in [0.05, 0.1) is 38.6 Å². The molecule has 1 heterocycles. The third kappa shape index (κ3) is 16.0. The van der Waals surface area contributed by atoms with Crippen LogP contribution >= 0.6 is 0 Å². The summed E-state index contributed by atoms with van der Waals surface area (Å²) in [6, 6.07) is 30.3. The van der Waals surface area contributed by atoms with Crippen molar-refractivity contribution >= 4 is 11.9 Å². The fourth-order valence-electron chi connectivity index (χ4n) is 7.64. The Morgan fingerprint density at radius 3 is 1.52 bits per heavy atom. The summed E-state index contributed by atoms with van der Waals surface area (Å²) in [5.41, 5.74) is 3.39. The summed E-state index contributed by atoms with van der Waals surface area (Å²) in [4.78, 5) is 28.0. The highest BCUT2D eigenvalue weighted by Crippen LogP contribution is 2.48. The number of rotatable bonds is 31. The van der Waals surface area contributed by atoms with E-state index < -0.39 is 24.1 Å². The SMILES string of the molecule is CCCCOc1cc(OCc2ccccc2)c2c(c1)O[C@H](c1cc(OCCCC)c(OC(=O)CC)c(OCc3ccccc3)c1)[C@H](OC(=O)c1cc(OCCCC)c(OCCCC)c(OCCCC)c1)C2. The van der Waals surface area contributed by atoms with Crippen LogP contribution in [-0.2, 0) is 29.2 Å². The summed E-state index contributed by atoms with van der Waals surface area (Å²) in [7, 11) is 0. The van der Waals surface area contributed by atoms with E-state index in [-0.39, 0.29) is 43.1 Å². The standard InChI is InChI=1S/C59H74O12/c1-7-13-28-62-46-37-48(67-40-42-24-20-18-21-25-42)47-39-54(70-59(61)45-35-50(63-29-14-8-2)57(66-32-17-11-5)51(36-45)64-30-15-9-3)56(69-49(47)38-46)44-33-52(65-31-16-10-4)58(71-55(60)12-6)53(34-44)68-41-43-26-22-19-23-27-43/h18-27,33-38,54,56H,7-17,28-32,39-41H2,1-6H3/t54-,56-/m1/s1. The van der Waals surface area contributed by atoms with Crippen molar-refractivity contribution in [3.05, 3.63) is 125 Å². The lowest BCUT2D eigenvalue weighted by Gasteiger charge is -2.35. The third-order valence-electron chi connectivity index (χ3n) is 11.8. The van der Waals surface area contributed by atoms with Crippen LogP contribution in [0, 0.1) is 0 Å². The molecule has 0 saturated heterocycles. The molecule has 0 spiro atoms. The largest absolute Gasteiger partial charge is 0.493 e. The maximum absolute atomic E-state index is 14.9. The minimum atomic E-state index is -0.940. The van der Waals surface area contributed by atoms with Gasteiger partial charge in [0.25, 0.3) is 0 Å². The van der Waals surface area contributed by atoms with Crippen LogP contribution in [0.2, 0.25) is 0 Å². The van der Waals surface area contributed by atoms with Gasteiger partial charge in [-0.05, 0) is 67.5 Å². The number of benzene rings is 5. The van der Waals surface area contributed by atoms with Crippen molar-refractivity contribution in [2.75, 3.05) is 33.0 Å². The van der Waals surface area contributed by atoms with Gasteiger partial charge in [-0.25, -0.2) is 4.79 Å².